The first-order chi connectivity index (χ1) is 11.8. The van der Waals surface area contributed by atoms with Crippen LogP contribution in [0.5, 0.6) is 0 Å². The molecule has 0 fully saturated rings. The van der Waals surface area contributed by atoms with E-state index in [2.05, 4.69) is 10.6 Å². The zero-order valence-corrected chi connectivity index (χ0v) is 13.7. The Balaban J connectivity index is 2.41. The number of carbonyl (C=O) groups excluding carboxylic acids is 2. The fraction of sp³-hybridized carbons (Fsp3) is 0.400. The summed E-state index contributed by atoms with van der Waals surface area (Å²) in [5.74, 6) is -1.61. The highest BCUT2D eigenvalue weighted by atomic mass is 16.6. The smallest absolute Gasteiger partial charge is 0.323 e. The Hall–Kier alpha value is -3.17. The number of carboxylic acid groups (broad SMARTS) is 1. The van der Waals surface area contributed by atoms with Gasteiger partial charge in [-0.05, 0) is 12.0 Å². The van der Waals surface area contributed by atoms with E-state index in [0.29, 0.717) is 12.0 Å². The van der Waals surface area contributed by atoms with Crippen molar-refractivity contribution >= 4 is 23.6 Å². The van der Waals surface area contributed by atoms with Crippen LogP contribution in [0.4, 0.5) is 10.5 Å². The second-order valence-electron chi connectivity index (χ2n) is 5.17. The Bertz CT molecular complexity index is 631. The summed E-state index contributed by atoms with van der Waals surface area (Å²) in [4.78, 5) is 45.5. The number of benzene rings is 1. The number of urea groups is 1. The van der Waals surface area contributed by atoms with E-state index < -0.39 is 29.4 Å². The van der Waals surface area contributed by atoms with E-state index >= 15 is 0 Å². The summed E-state index contributed by atoms with van der Waals surface area (Å²) in [7, 11) is 0. The van der Waals surface area contributed by atoms with Crippen LogP contribution in [0.15, 0.2) is 24.3 Å². The number of carboxylic acids is 1. The molecule has 0 aliphatic carbocycles. The van der Waals surface area contributed by atoms with Crippen molar-refractivity contribution in [1.82, 2.24) is 15.5 Å². The van der Waals surface area contributed by atoms with E-state index in [0.717, 1.165) is 4.90 Å². The second kappa shape index (κ2) is 9.85. The van der Waals surface area contributed by atoms with Gasteiger partial charge in [-0.25, -0.2) is 4.79 Å². The number of nitro benzene ring substituents is 1. The van der Waals surface area contributed by atoms with Gasteiger partial charge in [-0.3, -0.25) is 19.7 Å². The minimum Gasteiger partial charge on any atom is -0.480 e. The highest BCUT2D eigenvalue weighted by Crippen LogP contribution is 2.11. The van der Waals surface area contributed by atoms with Crippen LogP contribution in [0.3, 0.4) is 0 Å². The van der Waals surface area contributed by atoms with Crippen LogP contribution in [0.25, 0.3) is 0 Å². The van der Waals surface area contributed by atoms with Crippen LogP contribution in [0.2, 0.25) is 0 Å². The molecular weight excluding hydrogens is 332 g/mol. The fourth-order valence-electron chi connectivity index (χ4n) is 1.97. The van der Waals surface area contributed by atoms with Crippen molar-refractivity contribution in [3.05, 3.63) is 39.9 Å². The molecule has 136 valence electrons. The predicted molar refractivity (Wildman–Crippen MR) is 87.8 cm³/mol. The lowest BCUT2D eigenvalue weighted by molar-refractivity contribution is -0.384. The zero-order valence-electron chi connectivity index (χ0n) is 13.7. The number of rotatable bonds is 9. The van der Waals surface area contributed by atoms with E-state index in [1.165, 1.54) is 24.3 Å². The highest BCUT2D eigenvalue weighted by Gasteiger charge is 2.16. The van der Waals surface area contributed by atoms with Gasteiger partial charge in [0.15, 0.2) is 0 Å². The molecule has 0 radical (unpaired) electrons. The molecule has 0 unspecified atom stereocenters. The number of amides is 3. The third kappa shape index (κ3) is 7.29. The Kier molecular flexibility index (Phi) is 7.83. The second-order valence-corrected chi connectivity index (χ2v) is 5.17. The van der Waals surface area contributed by atoms with Gasteiger partial charge in [0.25, 0.3) is 5.69 Å². The first-order valence-electron chi connectivity index (χ1n) is 7.58. The number of nitro groups is 1. The van der Waals surface area contributed by atoms with Crippen molar-refractivity contribution in [3.63, 3.8) is 0 Å². The highest BCUT2D eigenvalue weighted by molar-refractivity contribution is 5.86. The van der Waals surface area contributed by atoms with Crippen LogP contribution in [0.1, 0.15) is 18.9 Å². The third-order valence-electron chi connectivity index (χ3n) is 3.17. The van der Waals surface area contributed by atoms with Crippen LogP contribution in [-0.4, -0.2) is 52.5 Å². The van der Waals surface area contributed by atoms with Crippen LogP contribution in [-0.2, 0) is 16.1 Å². The van der Waals surface area contributed by atoms with E-state index in [1.807, 2.05) is 6.92 Å². The molecular formula is C15H20N4O6. The minimum absolute atomic E-state index is 0.0479. The number of nitrogens with one attached hydrogen (secondary N) is 2. The molecule has 0 aliphatic rings. The van der Waals surface area contributed by atoms with Gasteiger partial charge in [-0.15, -0.1) is 0 Å². The third-order valence-corrected chi connectivity index (χ3v) is 3.17. The lowest BCUT2D eigenvalue weighted by Gasteiger charge is -2.20. The molecule has 3 N–H and O–H groups in total. The molecule has 1 rings (SSSR count). The van der Waals surface area contributed by atoms with Gasteiger partial charge in [-0.2, -0.15) is 0 Å². The van der Waals surface area contributed by atoms with E-state index in [1.54, 1.807) is 0 Å². The summed E-state index contributed by atoms with van der Waals surface area (Å²) >= 11 is 0. The fourth-order valence-corrected chi connectivity index (χ4v) is 1.97. The molecule has 10 heteroatoms. The molecule has 0 aromatic heterocycles. The molecule has 1 aromatic carbocycles. The predicted octanol–water partition coefficient (Wildman–Crippen LogP) is 0.717. The van der Waals surface area contributed by atoms with Gasteiger partial charge >= 0.3 is 12.0 Å². The Labute approximate surface area is 144 Å². The summed E-state index contributed by atoms with van der Waals surface area (Å²) in [5, 5.41) is 24.2. The average molecular weight is 352 g/mol. The minimum atomic E-state index is -1.12. The van der Waals surface area contributed by atoms with Crippen molar-refractivity contribution < 1.29 is 24.4 Å². The number of carbonyl (C=O) groups is 3. The first-order valence-corrected chi connectivity index (χ1v) is 7.58. The molecule has 0 saturated heterocycles. The Morgan fingerprint density at radius 2 is 1.84 bits per heavy atom. The van der Waals surface area contributed by atoms with Crippen molar-refractivity contribution in [3.8, 4) is 0 Å². The van der Waals surface area contributed by atoms with Crippen LogP contribution < -0.4 is 10.6 Å². The van der Waals surface area contributed by atoms with Gasteiger partial charge in [0.2, 0.25) is 5.91 Å². The zero-order chi connectivity index (χ0) is 18.8. The van der Waals surface area contributed by atoms with Crippen molar-refractivity contribution in [2.75, 3.05) is 19.6 Å². The molecule has 0 spiro atoms. The molecule has 10 nitrogen and oxygen atoms in total. The lowest BCUT2D eigenvalue weighted by Crippen LogP contribution is -2.45. The molecule has 0 atom stereocenters. The van der Waals surface area contributed by atoms with Crippen molar-refractivity contribution in [2.24, 2.45) is 0 Å². The standard InChI is InChI=1S/C15H20N4O6/c1-2-7-18(10-14(21)22)13(20)9-17-15(23)16-8-11-3-5-12(6-4-11)19(24)25/h3-6H,2,7-10H2,1H3,(H,21,22)(H2,16,17,23). The van der Waals surface area contributed by atoms with Crippen LogP contribution >= 0.6 is 0 Å². The summed E-state index contributed by atoms with van der Waals surface area (Å²) in [6.07, 6.45) is 0.603. The quantitative estimate of drug-likeness (QED) is 0.441. The maximum absolute atomic E-state index is 11.9. The average Bonchev–Trinajstić information content (AvgIpc) is 2.57. The van der Waals surface area contributed by atoms with Crippen molar-refractivity contribution in [1.29, 1.82) is 0 Å². The first kappa shape index (κ1) is 19.9. The number of nitrogens with zero attached hydrogens (tertiary/aromatic N) is 2. The number of non-ortho nitro benzene ring substituents is 1. The largest absolute Gasteiger partial charge is 0.480 e. The number of hydrogen-bond acceptors (Lipinski definition) is 5. The number of aliphatic carboxylic acids is 1. The number of hydrogen-bond donors (Lipinski definition) is 3. The van der Waals surface area contributed by atoms with E-state index in [-0.39, 0.29) is 25.3 Å². The van der Waals surface area contributed by atoms with E-state index in [9.17, 15) is 24.5 Å². The topological polar surface area (TPSA) is 142 Å². The van der Waals surface area contributed by atoms with E-state index in [4.69, 9.17) is 5.11 Å². The van der Waals surface area contributed by atoms with Crippen LogP contribution in [0, 0.1) is 10.1 Å². The summed E-state index contributed by atoms with van der Waals surface area (Å²) in [6.45, 7) is 1.49. The SMILES string of the molecule is CCCN(CC(=O)O)C(=O)CNC(=O)NCc1ccc([N+](=O)[O-])cc1. The van der Waals surface area contributed by atoms with Gasteiger partial charge < -0.3 is 20.6 Å². The van der Waals surface area contributed by atoms with Gasteiger partial charge in [0.1, 0.15) is 6.54 Å². The molecule has 3 amide bonds. The summed E-state index contributed by atoms with van der Waals surface area (Å²) in [6, 6.07) is 5.08. The Morgan fingerprint density at radius 3 is 2.36 bits per heavy atom. The summed E-state index contributed by atoms with van der Waals surface area (Å²) in [5.41, 5.74) is 0.610. The molecule has 1 aromatic rings. The van der Waals surface area contributed by atoms with Gasteiger partial charge in [0.05, 0.1) is 11.5 Å². The van der Waals surface area contributed by atoms with Gasteiger partial charge in [-0.1, -0.05) is 19.1 Å². The maximum Gasteiger partial charge on any atom is 0.323 e. The normalized spacial score (nSPS) is 9.96. The molecule has 0 aliphatic heterocycles. The molecule has 0 bridgehead atoms. The monoisotopic (exact) mass is 352 g/mol. The maximum atomic E-state index is 11.9. The van der Waals surface area contributed by atoms with Gasteiger partial charge in [0, 0.05) is 25.2 Å². The van der Waals surface area contributed by atoms with Crippen molar-refractivity contribution in [2.45, 2.75) is 19.9 Å². The lowest BCUT2D eigenvalue weighted by atomic mass is 10.2. The Morgan fingerprint density at radius 1 is 1.20 bits per heavy atom. The summed E-state index contributed by atoms with van der Waals surface area (Å²) < 4.78 is 0. The molecule has 0 heterocycles. The molecule has 0 saturated carbocycles. The molecule has 25 heavy (non-hydrogen) atoms.